The molecule has 1 aromatic carbocycles. The van der Waals surface area contributed by atoms with Crippen LogP contribution in [0.5, 0.6) is 0 Å². The summed E-state index contributed by atoms with van der Waals surface area (Å²) < 4.78 is 1.82. The molecule has 1 saturated carbocycles. The largest absolute Gasteiger partial charge is 0.349 e. The first-order valence-electron chi connectivity index (χ1n) is 6.13. The van der Waals surface area contributed by atoms with E-state index in [4.69, 9.17) is 0 Å². The van der Waals surface area contributed by atoms with E-state index in [0.29, 0.717) is 17.0 Å². The lowest BCUT2D eigenvalue weighted by atomic mass is 9.92. The molecule has 0 bridgehead atoms. The van der Waals surface area contributed by atoms with E-state index in [-0.39, 0.29) is 5.91 Å². The SMILES string of the molecule is CC1(C)CCC(NC(=O)c2cc(Br)cc(Br)c2)C1. The van der Waals surface area contributed by atoms with Crippen LogP contribution in [-0.2, 0) is 0 Å². The lowest BCUT2D eigenvalue weighted by molar-refractivity contribution is 0.0936. The molecule has 1 aliphatic rings. The summed E-state index contributed by atoms with van der Waals surface area (Å²) in [7, 11) is 0. The van der Waals surface area contributed by atoms with Gasteiger partial charge in [0.15, 0.2) is 0 Å². The van der Waals surface area contributed by atoms with Gasteiger partial charge in [0.2, 0.25) is 0 Å². The number of carbonyl (C=O) groups excluding carboxylic acids is 1. The third-order valence-electron chi connectivity index (χ3n) is 3.43. The second-order valence-electron chi connectivity index (χ2n) is 5.74. The first-order valence-corrected chi connectivity index (χ1v) is 7.71. The third kappa shape index (κ3) is 3.58. The van der Waals surface area contributed by atoms with Crippen molar-refractivity contribution in [1.29, 1.82) is 0 Å². The average Bonchev–Trinajstić information content (AvgIpc) is 2.56. The summed E-state index contributed by atoms with van der Waals surface area (Å²) in [5.74, 6) is 0.0136. The van der Waals surface area contributed by atoms with Crippen LogP contribution in [0.15, 0.2) is 27.1 Å². The van der Waals surface area contributed by atoms with E-state index in [1.165, 1.54) is 6.42 Å². The molecule has 0 saturated heterocycles. The zero-order valence-electron chi connectivity index (χ0n) is 10.6. The molecule has 0 aromatic heterocycles. The maximum Gasteiger partial charge on any atom is 0.251 e. The van der Waals surface area contributed by atoms with E-state index in [9.17, 15) is 4.79 Å². The van der Waals surface area contributed by atoms with Gasteiger partial charge in [0, 0.05) is 20.6 Å². The highest BCUT2D eigenvalue weighted by atomic mass is 79.9. The third-order valence-corrected chi connectivity index (χ3v) is 4.34. The molecule has 0 aliphatic heterocycles. The molecule has 1 unspecified atom stereocenters. The standard InChI is InChI=1S/C14H17Br2NO/c1-14(2)4-3-12(8-14)17-13(18)9-5-10(15)7-11(16)6-9/h5-7,12H,3-4,8H2,1-2H3,(H,17,18). The van der Waals surface area contributed by atoms with Gasteiger partial charge in [-0.15, -0.1) is 0 Å². The molecule has 98 valence electrons. The number of halogens is 2. The fourth-order valence-electron chi connectivity index (χ4n) is 2.51. The molecule has 4 heteroatoms. The maximum atomic E-state index is 12.2. The van der Waals surface area contributed by atoms with Gasteiger partial charge in [-0.2, -0.15) is 0 Å². The summed E-state index contributed by atoms with van der Waals surface area (Å²) in [5.41, 5.74) is 1.05. The van der Waals surface area contributed by atoms with Crippen molar-refractivity contribution in [1.82, 2.24) is 5.32 Å². The Morgan fingerprint density at radius 3 is 2.39 bits per heavy atom. The van der Waals surface area contributed by atoms with E-state index in [1.54, 1.807) is 0 Å². The zero-order valence-corrected chi connectivity index (χ0v) is 13.8. The van der Waals surface area contributed by atoms with E-state index < -0.39 is 0 Å². The van der Waals surface area contributed by atoms with Gasteiger partial charge in [0.05, 0.1) is 0 Å². The van der Waals surface area contributed by atoms with Crippen molar-refractivity contribution in [2.45, 2.75) is 39.2 Å². The molecule has 0 heterocycles. The fraction of sp³-hybridized carbons (Fsp3) is 0.500. The van der Waals surface area contributed by atoms with Crippen LogP contribution in [-0.4, -0.2) is 11.9 Å². The number of rotatable bonds is 2. The highest BCUT2D eigenvalue weighted by Gasteiger charge is 2.31. The lowest BCUT2D eigenvalue weighted by Gasteiger charge is -2.18. The minimum atomic E-state index is 0.0136. The van der Waals surface area contributed by atoms with Crippen LogP contribution in [0.3, 0.4) is 0 Å². The van der Waals surface area contributed by atoms with Gasteiger partial charge < -0.3 is 5.32 Å². The van der Waals surface area contributed by atoms with Crippen LogP contribution < -0.4 is 5.32 Å². The number of hydrogen-bond donors (Lipinski definition) is 1. The molecule has 1 N–H and O–H groups in total. The van der Waals surface area contributed by atoms with Crippen molar-refractivity contribution in [2.24, 2.45) is 5.41 Å². The summed E-state index contributed by atoms with van der Waals surface area (Å²) in [4.78, 5) is 12.2. The second-order valence-corrected chi connectivity index (χ2v) is 7.57. The van der Waals surface area contributed by atoms with Gasteiger partial charge in [-0.25, -0.2) is 0 Å². The molecule has 18 heavy (non-hydrogen) atoms. The molecule has 1 amide bonds. The van der Waals surface area contributed by atoms with Gasteiger partial charge in [0.25, 0.3) is 5.91 Å². The Balaban J connectivity index is 2.04. The van der Waals surface area contributed by atoms with Crippen LogP contribution in [0.2, 0.25) is 0 Å². The van der Waals surface area contributed by atoms with Crippen LogP contribution >= 0.6 is 31.9 Å². The predicted octanol–water partition coefficient (Wildman–Crippen LogP) is 4.52. The molecule has 1 aromatic rings. The average molecular weight is 375 g/mol. The summed E-state index contributed by atoms with van der Waals surface area (Å²) in [6.07, 6.45) is 3.32. The van der Waals surface area contributed by atoms with Crippen LogP contribution in [0.1, 0.15) is 43.5 Å². The number of benzene rings is 1. The Bertz CT molecular complexity index is 451. The van der Waals surface area contributed by atoms with Crippen molar-refractivity contribution in [3.05, 3.63) is 32.7 Å². The summed E-state index contributed by atoms with van der Waals surface area (Å²) in [6, 6.07) is 5.93. The van der Waals surface area contributed by atoms with Crippen molar-refractivity contribution in [3.63, 3.8) is 0 Å². The molecule has 0 spiro atoms. The Morgan fingerprint density at radius 2 is 1.89 bits per heavy atom. The summed E-state index contributed by atoms with van der Waals surface area (Å²) in [5, 5.41) is 3.12. The molecule has 1 aliphatic carbocycles. The Morgan fingerprint density at radius 1 is 1.28 bits per heavy atom. The van der Waals surface area contributed by atoms with Gasteiger partial charge in [-0.05, 0) is 42.9 Å². The van der Waals surface area contributed by atoms with Gasteiger partial charge in [-0.3, -0.25) is 4.79 Å². The van der Waals surface area contributed by atoms with Gasteiger partial charge in [0.1, 0.15) is 0 Å². The monoisotopic (exact) mass is 373 g/mol. The molecular weight excluding hydrogens is 358 g/mol. The van der Waals surface area contributed by atoms with Crippen LogP contribution in [0.25, 0.3) is 0 Å². The van der Waals surface area contributed by atoms with Crippen molar-refractivity contribution in [3.8, 4) is 0 Å². The number of nitrogens with one attached hydrogen (secondary N) is 1. The summed E-state index contributed by atoms with van der Waals surface area (Å²) in [6.45, 7) is 4.52. The molecule has 1 fully saturated rings. The maximum absolute atomic E-state index is 12.2. The van der Waals surface area contributed by atoms with Crippen molar-refractivity contribution in [2.75, 3.05) is 0 Å². The predicted molar refractivity (Wildman–Crippen MR) is 80.7 cm³/mol. The molecule has 1 atom stereocenters. The lowest BCUT2D eigenvalue weighted by Crippen LogP contribution is -2.33. The first kappa shape index (κ1) is 14.1. The van der Waals surface area contributed by atoms with Crippen LogP contribution in [0, 0.1) is 5.41 Å². The normalized spacial score (nSPS) is 21.9. The zero-order chi connectivity index (χ0) is 13.3. The van der Waals surface area contributed by atoms with E-state index in [2.05, 4.69) is 51.0 Å². The Hall–Kier alpha value is -0.350. The quantitative estimate of drug-likeness (QED) is 0.809. The van der Waals surface area contributed by atoms with Gasteiger partial charge >= 0.3 is 0 Å². The Labute approximate surface area is 125 Å². The molecule has 0 radical (unpaired) electrons. The minimum absolute atomic E-state index is 0.0136. The second kappa shape index (κ2) is 5.33. The fourth-order valence-corrected chi connectivity index (χ4v) is 3.81. The number of hydrogen-bond acceptors (Lipinski definition) is 1. The van der Waals surface area contributed by atoms with Crippen LogP contribution in [0.4, 0.5) is 0 Å². The highest BCUT2D eigenvalue weighted by Crippen LogP contribution is 2.37. The Kier molecular flexibility index (Phi) is 4.17. The van der Waals surface area contributed by atoms with E-state index in [1.807, 2.05) is 18.2 Å². The first-order chi connectivity index (χ1) is 8.35. The summed E-state index contributed by atoms with van der Waals surface area (Å²) >= 11 is 6.80. The van der Waals surface area contributed by atoms with Crippen molar-refractivity contribution < 1.29 is 4.79 Å². The van der Waals surface area contributed by atoms with E-state index in [0.717, 1.165) is 21.8 Å². The number of carbonyl (C=O) groups is 1. The molecule has 2 nitrogen and oxygen atoms in total. The molecule has 2 rings (SSSR count). The topological polar surface area (TPSA) is 29.1 Å². The smallest absolute Gasteiger partial charge is 0.251 e. The highest BCUT2D eigenvalue weighted by molar-refractivity contribution is 9.11. The minimum Gasteiger partial charge on any atom is -0.349 e. The van der Waals surface area contributed by atoms with Gasteiger partial charge in [-0.1, -0.05) is 45.7 Å². The van der Waals surface area contributed by atoms with E-state index >= 15 is 0 Å². The number of amides is 1. The molecular formula is C14H17Br2NO. The van der Waals surface area contributed by atoms with Crippen molar-refractivity contribution >= 4 is 37.8 Å².